The maximum absolute atomic E-state index is 12.7. The van der Waals surface area contributed by atoms with Gasteiger partial charge in [0.25, 0.3) is 0 Å². The van der Waals surface area contributed by atoms with Crippen molar-refractivity contribution in [1.29, 1.82) is 0 Å². The molecule has 121 heavy (non-hydrogen) atoms. The summed E-state index contributed by atoms with van der Waals surface area (Å²) < 4.78 is 39.6. The number of allylic oxidation sites excluding steroid dienone is 1. The molecule has 632 valence electrons. The van der Waals surface area contributed by atoms with E-state index < -0.39 is 42.3 Å². The Hall–Kier alpha value is -11.5. The minimum Gasteiger partial charge on any atom is -0.491 e. The molecule has 6 aliphatic rings. The molecular formula is C101H115N7O13. The molecule has 0 bridgehead atoms. The highest BCUT2D eigenvalue weighted by molar-refractivity contribution is 5.91. The highest BCUT2D eigenvalue weighted by atomic mass is 17.2. The van der Waals surface area contributed by atoms with E-state index in [1.54, 1.807) is 116 Å². The van der Waals surface area contributed by atoms with E-state index in [4.69, 9.17) is 42.9 Å². The molecule has 10 aromatic rings. The lowest BCUT2D eigenvalue weighted by atomic mass is 9.47. The van der Waals surface area contributed by atoms with Crippen LogP contribution in [0.1, 0.15) is 209 Å². The standard InChI is InChI=1S/C33H49NO2.C21H27NO.C18H16N2O6.C18H14N2O4.C11H9N/c1-22(2)7-6-8-23(3)28-11-12-29-27-10-9-25-21-26(36-31(35)24-15-19-34-20-16-24)13-17-32(25,4)30(27)14-18-33(28,29)5;1-3-4-5-6-7-18(2)23-21-12-10-19(11-13-21)8-9-20-14-16-22-17-15-20;21-17(11-1-5-19-6-2-11)25-13-9-23-16-14(10-24-15(13)16)26-18(22)12-3-7-20-8-4-12;21-18(15-6-10-20-11-7-15)23-16-2-1-3-17(12-16)24-22-13-14-4-8-19-9-5-14;1-2-4-10(5-3-1)11-6-8-12-9-7-11/h9,15-16,19-20,22-23,26-30H,6-8,10-14,17-18,21H2,1-5H3;8-18H,3-7H2,1-2H3;1-8,13-16H,9-10H2;1-12H,13H2;1-9H/b;9-8+;;;/t23?,26?,27?,28-,29?,30?,32+,33-;18-;13-,14-,15?,16?;;/m101../s1. The first-order chi connectivity index (χ1) is 59.0. The van der Waals surface area contributed by atoms with E-state index in [9.17, 15) is 19.2 Å². The molecule has 2 saturated heterocycles. The molecular weight excluding hydrogens is 1520 g/mol. The minimum atomic E-state index is -0.551. The molecule has 4 aliphatic carbocycles. The number of rotatable bonds is 27. The first-order valence-corrected chi connectivity index (χ1v) is 43.0. The van der Waals surface area contributed by atoms with Gasteiger partial charge < -0.3 is 38.0 Å². The van der Waals surface area contributed by atoms with Gasteiger partial charge in [-0.3, -0.25) is 34.9 Å². The lowest BCUT2D eigenvalue weighted by Gasteiger charge is -2.58. The summed E-state index contributed by atoms with van der Waals surface area (Å²) >= 11 is 0. The smallest absolute Gasteiger partial charge is 0.343 e. The second-order valence-corrected chi connectivity index (χ2v) is 33.1. The van der Waals surface area contributed by atoms with Crippen molar-refractivity contribution in [3.8, 4) is 28.4 Å². The molecule has 0 spiro atoms. The number of aromatic nitrogens is 7. The van der Waals surface area contributed by atoms with Crippen LogP contribution in [0.15, 0.2) is 262 Å². The molecule has 0 N–H and O–H groups in total. The molecule has 16 rings (SSSR count). The van der Waals surface area contributed by atoms with E-state index >= 15 is 0 Å². The number of esters is 4. The Morgan fingerprint density at radius 1 is 0.479 bits per heavy atom. The van der Waals surface area contributed by atoms with Crippen LogP contribution in [0.4, 0.5) is 0 Å². The SMILES string of the molecule is CC(C)CCCC(C)[C@H]1CCC2C3CC=C4CC(OC(=O)c5ccncc5)CC[C@]4(C)C3CC[C@@]21C.CCCCCC[C@H](C)Oc1ccc(/C=C/c2ccncc2)cc1.O=C(O[C@@H]1COC2C1OC[C@H]2OC(=O)c1ccncc1)c1ccncc1.O=C(Oc1cccc(OOCc2ccncc2)c1)c1ccncc1.c1ccc(-c2ccncc2)cc1. The number of ether oxygens (including phenoxy) is 7. The van der Waals surface area contributed by atoms with Crippen molar-refractivity contribution in [2.75, 3.05) is 13.2 Å². The molecule has 3 aromatic carbocycles. The van der Waals surface area contributed by atoms with Gasteiger partial charge in [-0.25, -0.2) is 19.2 Å². The topological polar surface area (TPSA) is 242 Å². The third kappa shape index (κ3) is 25.6. The summed E-state index contributed by atoms with van der Waals surface area (Å²) in [4.78, 5) is 86.9. The van der Waals surface area contributed by atoms with Crippen LogP contribution in [0.3, 0.4) is 0 Å². The molecule has 13 atom stereocenters. The van der Waals surface area contributed by atoms with Crippen LogP contribution in [-0.2, 0) is 35.2 Å². The summed E-state index contributed by atoms with van der Waals surface area (Å²) in [5.41, 5.74) is 9.97. The summed E-state index contributed by atoms with van der Waals surface area (Å²) in [5, 5.41) is 0. The highest BCUT2D eigenvalue weighted by Crippen LogP contribution is 2.67. The number of benzene rings is 3. The number of unbranched alkanes of at least 4 members (excludes halogenated alkanes) is 3. The van der Waals surface area contributed by atoms with Gasteiger partial charge in [-0.2, -0.15) is 4.89 Å². The normalized spacial score (nSPS) is 22.6. The third-order valence-corrected chi connectivity index (χ3v) is 24.5. The fourth-order valence-corrected chi connectivity index (χ4v) is 18.0. The maximum atomic E-state index is 12.7. The number of nitrogens with zero attached hydrogens (tertiary/aromatic N) is 7. The summed E-state index contributed by atoms with van der Waals surface area (Å²) in [7, 11) is 0. The first kappa shape index (κ1) is 88.8. The van der Waals surface area contributed by atoms with Gasteiger partial charge in [-0.15, -0.1) is 0 Å². The predicted molar refractivity (Wildman–Crippen MR) is 466 cm³/mol. The predicted octanol–water partition coefficient (Wildman–Crippen LogP) is 21.6. The Balaban J connectivity index is 0.000000143. The fourth-order valence-electron chi connectivity index (χ4n) is 18.0. The third-order valence-electron chi connectivity index (χ3n) is 24.5. The monoisotopic (exact) mass is 1630 g/mol. The second-order valence-electron chi connectivity index (χ2n) is 33.1. The Kier molecular flexibility index (Phi) is 33.2. The molecule has 20 heteroatoms. The Labute approximate surface area is 712 Å². The number of hydrogen-bond acceptors (Lipinski definition) is 20. The van der Waals surface area contributed by atoms with Crippen molar-refractivity contribution in [3.63, 3.8) is 0 Å². The van der Waals surface area contributed by atoms with Crippen LogP contribution >= 0.6 is 0 Å². The van der Waals surface area contributed by atoms with Crippen molar-refractivity contribution in [1.82, 2.24) is 34.9 Å². The van der Waals surface area contributed by atoms with E-state index in [-0.39, 0.29) is 38.0 Å². The molecule has 7 aromatic heterocycles. The van der Waals surface area contributed by atoms with Crippen LogP contribution < -0.4 is 14.4 Å². The van der Waals surface area contributed by atoms with Crippen LogP contribution in [0.2, 0.25) is 0 Å². The Morgan fingerprint density at radius 3 is 1.57 bits per heavy atom. The number of carbonyl (C=O) groups excluding carboxylic acids is 4. The van der Waals surface area contributed by atoms with Gasteiger partial charge in [0.15, 0.2) is 18.0 Å². The zero-order chi connectivity index (χ0) is 84.6. The summed E-state index contributed by atoms with van der Waals surface area (Å²) in [6.07, 6.45) is 48.6. The zero-order valence-corrected chi connectivity index (χ0v) is 70.7. The summed E-state index contributed by atoms with van der Waals surface area (Å²) in [5.74, 6) is 5.31. The zero-order valence-electron chi connectivity index (χ0n) is 70.7. The van der Waals surface area contributed by atoms with E-state index in [0.717, 1.165) is 78.1 Å². The fraction of sp³-hybridized carbons (Fsp3) is 0.396. The summed E-state index contributed by atoms with van der Waals surface area (Å²) in [6, 6.07) is 49.8. The van der Waals surface area contributed by atoms with Crippen molar-refractivity contribution in [2.45, 2.75) is 194 Å². The Bertz CT molecular complexity index is 4750. The van der Waals surface area contributed by atoms with Crippen molar-refractivity contribution < 1.29 is 62.1 Å². The van der Waals surface area contributed by atoms with Crippen molar-refractivity contribution in [3.05, 3.63) is 301 Å². The largest absolute Gasteiger partial charge is 0.491 e. The molecule has 2 aliphatic heterocycles. The van der Waals surface area contributed by atoms with E-state index in [2.05, 4.69) is 138 Å². The van der Waals surface area contributed by atoms with Gasteiger partial charge in [0.1, 0.15) is 36.4 Å². The van der Waals surface area contributed by atoms with E-state index in [0.29, 0.717) is 44.6 Å². The molecule has 0 amide bonds. The number of pyridine rings is 7. The van der Waals surface area contributed by atoms with Crippen molar-refractivity contribution >= 4 is 36.0 Å². The molecule has 0 radical (unpaired) electrons. The van der Waals surface area contributed by atoms with Gasteiger partial charge in [0, 0.05) is 99.2 Å². The molecule has 9 heterocycles. The maximum Gasteiger partial charge on any atom is 0.343 e. The average molecular weight is 1640 g/mol. The molecule has 20 nitrogen and oxygen atoms in total. The summed E-state index contributed by atoms with van der Waals surface area (Å²) in [6.45, 7) is 17.6. The van der Waals surface area contributed by atoms with E-state index in [1.807, 2.05) is 67.0 Å². The first-order valence-electron chi connectivity index (χ1n) is 43.0. The Morgan fingerprint density at radius 2 is 1.00 bits per heavy atom. The van der Waals surface area contributed by atoms with Gasteiger partial charge in [-0.1, -0.05) is 152 Å². The molecule has 5 fully saturated rings. The molecule has 7 unspecified atom stereocenters. The van der Waals surface area contributed by atoms with Gasteiger partial charge in [-0.05, 0) is 248 Å². The van der Waals surface area contributed by atoms with Crippen LogP contribution in [0.5, 0.6) is 17.2 Å². The number of fused-ring (bicyclic) bond motifs is 6. The second kappa shape index (κ2) is 45.3. The lowest BCUT2D eigenvalue weighted by molar-refractivity contribution is -0.217. The number of carbonyl (C=O) groups is 4. The molecule has 3 saturated carbocycles. The van der Waals surface area contributed by atoms with E-state index in [1.165, 1.54) is 131 Å². The average Bonchev–Trinajstić information content (AvgIpc) is 1.66. The number of hydrogen-bond donors (Lipinski definition) is 0. The highest BCUT2D eigenvalue weighted by Gasteiger charge is 2.59. The van der Waals surface area contributed by atoms with Crippen LogP contribution in [-0.4, -0.2) is 109 Å². The lowest BCUT2D eigenvalue weighted by Crippen LogP contribution is -2.51. The van der Waals surface area contributed by atoms with Gasteiger partial charge in [0.2, 0.25) is 0 Å². The quantitative estimate of drug-likeness (QED) is 0.00883. The van der Waals surface area contributed by atoms with Crippen LogP contribution in [0.25, 0.3) is 23.3 Å². The van der Waals surface area contributed by atoms with Crippen LogP contribution in [0, 0.1) is 46.3 Å². The minimum absolute atomic E-state index is 0.0120. The van der Waals surface area contributed by atoms with Crippen molar-refractivity contribution in [2.24, 2.45) is 46.3 Å². The van der Waals surface area contributed by atoms with Gasteiger partial charge in [0.05, 0.1) is 41.6 Å². The van der Waals surface area contributed by atoms with Gasteiger partial charge >= 0.3 is 23.9 Å².